The van der Waals surface area contributed by atoms with Gasteiger partial charge in [0.25, 0.3) is 0 Å². The molecule has 0 saturated carbocycles. The molecule has 1 saturated heterocycles. The number of hydrogen-bond acceptors (Lipinski definition) is 3. The summed E-state index contributed by atoms with van der Waals surface area (Å²) < 4.78 is 5.48. The van der Waals surface area contributed by atoms with Crippen LogP contribution in [0.25, 0.3) is 0 Å². The molecule has 1 aliphatic rings. The average molecular weight is 318 g/mol. The maximum atomic E-state index is 11.9. The van der Waals surface area contributed by atoms with Crippen molar-refractivity contribution in [2.24, 2.45) is 0 Å². The van der Waals surface area contributed by atoms with E-state index in [9.17, 15) is 9.59 Å². The summed E-state index contributed by atoms with van der Waals surface area (Å²) in [5, 5.41) is 2.89. The molecule has 1 aromatic rings. The van der Waals surface area contributed by atoms with Crippen molar-refractivity contribution in [2.45, 2.75) is 45.8 Å². The van der Waals surface area contributed by atoms with Gasteiger partial charge in [0.2, 0.25) is 11.8 Å². The Labute approximate surface area is 138 Å². The van der Waals surface area contributed by atoms with Crippen molar-refractivity contribution >= 4 is 11.8 Å². The Hall–Kier alpha value is -1.88. The molecule has 1 unspecified atom stereocenters. The molecule has 1 aromatic carbocycles. The molecule has 0 aromatic heterocycles. The Kier molecular flexibility index (Phi) is 6.59. The zero-order valence-electron chi connectivity index (χ0n) is 14.0. The van der Waals surface area contributed by atoms with Crippen LogP contribution in [0.1, 0.15) is 37.3 Å². The monoisotopic (exact) mass is 318 g/mol. The van der Waals surface area contributed by atoms with E-state index >= 15 is 0 Å². The minimum Gasteiger partial charge on any atom is -0.376 e. The highest BCUT2D eigenvalue weighted by Crippen LogP contribution is 2.11. The van der Waals surface area contributed by atoms with Gasteiger partial charge >= 0.3 is 0 Å². The molecule has 126 valence electrons. The van der Waals surface area contributed by atoms with Crippen LogP contribution in [0.15, 0.2) is 24.3 Å². The first-order valence-electron chi connectivity index (χ1n) is 8.24. The van der Waals surface area contributed by atoms with Crippen molar-refractivity contribution in [3.63, 3.8) is 0 Å². The Morgan fingerprint density at radius 2 is 2.22 bits per heavy atom. The molecule has 0 spiro atoms. The number of carbonyl (C=O) groups is 2. The van der Waals surface area contributed by atoms with Gasteiger partial charge in [-0.25, -0.2) is 0 Å². The van der Waals surface area contributed by atoms with E-state index in [4.69, 9.17) is 4.74 Å². The largest absolute Gasteiger partial charge is 0.376 e. The van der Waals surface area contributed by atoms with Gasteiger partial charge in [0.05, 0.1) is 6.10 Å². The number of aryl methyl sites for hydroxylation is 1. The van der Waals surface area contributed by atoms with Crippen molar-refractivity contribution in [3.8, 4) is 0 Å². The summed E-state index contributed by atoms with van der Waals surface area (Å²) in [6, 6.07) is 8.07. The summed E-state index contributed by atoms with van der Waals surface area (Å²) in [6.07, 6.45) is 2.54. The second-order valence-corrected chi connectivity index (χ2v) is 6.12. The van der Waals surface area contributed by atoms with Gasteiger partial charge < -0.3 is 15.0 Å². The van der Waals surface area contributed by atoms with Gasteiger partial charge in [-0.1, -0.05) is 29.8 Å². The van der Waals surface area contributed by atoms with Crippen LogP contribution in [-0.2, 0) is 20.9 Å². The highest BCUT2D eigenvalue weighted by Gasteiger charge is 2.17. The van der Waals surface area contributed by atoms with E-state index in [2.05, 4.69) is 11.4 Å². The predicted molar refractivity (Wildman–Crippen MR) is 88.9 cm³/mol. The summed E-state index contributed by atoms with van der Waals surface area (Å²) in [7, 11) is 0. The number of benzene rings is 1. The van der Waals surface area contributed by atoms with Gasteiger partial charge in [-0.3, -0.25) is 9.59 Å². The lowest BCUT2D eigenvalue weighted by Gasteiger charge is -2.21. The molecule has 1 atom stereocenters. The van der Waals surface area contributed by atoms with Gasteiger partial charge in [0, 0.05) is 39.6 Å². The molecule has 0 radical (unpaired) electrons. The van der Waals surface area contributed by atoms with Crippen LogP contribution in [0.2, 0.25) is 0 Å². The van der Waals surface area contributed by atoms with Crippen molar-refractivity contribution < 1.29 is 14.3 Å². The SMILES string of the molecule is CC(=O)N(CCC(=O)NCC1CCCO1)Cc1cccc(C)c1. The number of ether oxygens (including phenoxy) is 1. The second kappa shape index (κ2) is 8.67. The van der Waals surface area contributed by atoms with Crippen LogP contribution >= 0.6 is 0 Å². The van der Waals surface area contributed by atoms with Gasteiger partial charge in [0.1, 0.15) is 0 Å². The van der Waals surface area contributed by atoms with E-state index in [1.807, 2.05) is 25.1 Å². The summed E-state index contributed by atoms with van der Waals surface area (Å²) in [4.78, 5) is 25.4. The summed E-state index contributed by atoms with van der Waals surface area (Å²) in [6.45, 7) is 5.89. The lowest BCUT2D eigenvalue weighted by molar-refractivity contribution is -0.130. The van der Waals surface area contributed by atoms with Crippen LogP contribution < -0.4 is 5.32 Å². The van der Waals surface area contributed by atoms with Crippen molar-refractivity contribution in [1.82, 2.24) is 10.2 Å². The summed E-state index contributed by atoms with van der Waals surface area (Å²) >= 11 is 0. The van der Waals surface area contributed by atoms with Crippen LogP contribution in [-0.4, -0.2) is 42.5 Å². The fourth-order valence-electron chi connectivity index (χ4n) is 2.74. The first-order chi connectivity index (χ1) is 11.0. The number of rotatable bonds is 7. The first-order valence-corrected chi connectivity index (χ1v) is 8.24. The fraction of sp³-hybridized carbons (Fsp3) is 0.556. The van der Waals surface area contributed by atoms with Crippen molar-refractivity contribution in [2.75, 3.05) is 19.7 Å². The maximum absolute atomic E-state index is 11.9. The third kappa shape index (κ3) is 6.02. The van der Waals surface area contributed by atoms with Gasteiger partial charge in [0.15, 0.2) is 0 Å². The molecule has 1 N–H and O–H groups in total. The average Bonchev–Trinajstić information content (AvgIpc) is 3.02. The number of hydrogen-bond donors (Lipinski definition) is 1. The predicted octanol–water partition coefficient (Wildman–Crippen LogP) is 2.03. The fourth-order valence-corrected chi connectivity index (χ4v) is 2.74. The molecule has 5 nitrogen and oxygen atoms in total. The van der Waals surface area contributed by atoms with Crippen LogP contribution in [0.4, 0.5) is 0 Å². The van der Waals surface area contributed by atoms with E-state index in [0.29, 0.717) is 26.1 Å². The third-order valence-corrected chi connectivity index (χ3v) is 4.06. The molecule has 1 fully saturated rings. The van der Waals surface area contributed by atoms with E-state index in [0.717, 1.165) is 25.0 Å². The molecular formula is C18H26N2O3. The number of carbonyl (C=O) groups excluding carboxylic acids is 2. The maximum Gasteiger partial charge on any atom is 0.221 e. The second-order valence-electron chi connectivity index (χ2n) is 6.12. The summed E-state index contributed by atoms with van der Waals surface area (Å²) in [5.74, 6) is -0.0468. The quantitative estimate of drug-likeness (QED) is 0.837. The molecule has 0 aliphatic carbocycles. The molecule has 23 heavy (non-hydrogen) atoms. The Balaban J connectivity index is 1.77. The summed E-state index contributed by atoms with van der Waals surface area (Å²) in [5.41, 5.74) is 2.25. The Bertz CT molecular complexity index is 539. The minimum absolute atomic E-state index is 0.0153. The van der Waals surface area contributed by atoms with E-state index in [1.54, 1.807) is 11.8 Å². The lowest BCUT2D eigenvalue weighted by Crippen LogP contribution is -2.36. The molecule has 0 bridgehead atoms. The van der Waals surface area contributed by atoms with Gasteiger partial charge in [-0.2, -0.15) is 0 Å². The number of amides is 2. The minimum atomic E-state index is -0.0315. The van der Waals surface area contributed by atoms with Gasteiger partial charge in [-0.15, -0.1) is 0 Å². The molecule has 2 rings (SSSR count). The van der Waals surface area contributed by atoms with Gasteiger partial charge in [-0.05, 0) is 25.3 Å². The standard InChI is InChI=1S/C18H26N2O3/c1-14-5-3-6-16(11-14)13-20(15(2)21)9-8-18(22)19-12-17-7-4-10-23-17/h3,5-6,11,17H,4,7-10,12-13H2,1-2H3,(H,19,22). The van der Waals surface area contributed by atoms with E-state index in [1.165, 1.54) is 5.56 Å². The molecule has 1 heterocycles. The normalized spacial score (nSPS) is 17.0. The molecule has 2 amide bonds. The Morgan fingerprint density at radius 1 is 1.39 bits per heavy atom. The van der Waals surface area contributed by atoms with Crippen molar-refractivity contribution in [3.05, 3.63) is 35.4 Å². The van der Waals surface area contributed by atoms with Crippen LogP contribution in [0.3, 0.4) is 0 Å². The van der Waals surface area contributed by atoms with Crippen LogP contribution in [0.5, 0.6) is 0 Å². The molecule has 1 aliphatic heterocycles. The first kappa shape index (κ1) is 17.5. The number of nitrogens with zero attached hydrogens (tertiary/aromatic N) is 1. The zero-order valence-corrected chi connectivity index (χ0v) is 14.0. The van der Waals surface area contributed by atoms with Crippen molar-refractivity contribution in [1.29, 1.82) is 0 Å². The topological polar surface area (TPSA) is 58.6 Å². The van der Waals surface area contributed by atoms with E-state index < -0.39 is 0 Å². The van der Waals surface area contributed by atoms with E-state index in [-0.39, 0.29) is 17.9 Å². The zero-order chi connectivity index (χ0) is 16.7. The number of nitrogens with one attached hydrogen (secondary N) is 1. The highest BCUT2D eigenvalue weighted by molar-refractivity contribution is 5.78. The Morgan fingerprint density at radius 3 is 2.87 bits per heavy atom. The lowest BCUT2D eigenvalue weighted by atomic mass is 10.1. The third-order valence-electron chi connectivity index (χ3n) is 4.06. The molecular weight excluding hydrogens is 292 g/mol. The van der Waals surface area contributed by atoms with Crippen LogP contribution in [0, 0.1) is 6.92 Å². The molecule has 5 heteroatoms. The highest BCUT2D eigenvalue weighted by atomic mass is 16.5. The smallest absolute Gasteiger partial charge is 0.221 e.